The van der Waals surface area contributed by atoms with Crippen LogP contribution in [0.25, 0.3) is 32.9 Å². The average Bonchev–Trinajstić information content (AvgIpc) is 2.79. The van der Waals surface area contributed by atoms with Gasteiger partial charge >= 0.3 is 0 Å². The summed E-state index contributed by atoms with van der Waals surface area (Å²) < 4.78 is 21.5. The van der Waals surface area contributed by atoms with Crippen LogP contribution >= 0.6 is 23.2 Å². The lowest BCUT2D eigenvalue weighted by atomic mass is 10.0. The molecule has 0 aliphatic rings. The number of fused-ring (bicyclic) bond motifs is 2. The van der Waals surface area contributed by atoms with E-state index in [9.17, 15) is 0 Å². The van der Waals surface area contributed by atoms with Crippen molar-refractivity contribution in [1.82, 2.24) is 15.0 Å². The van der Waals surface area contributed by atoms with Crippen LogP contribution in [0.15, 0.2) is 72.9 Å². The second kappa shape index (κ2) is 8.10. The number of nitrogens with zero attached hydrogens (tertiary/aromatic N) is 3. The number of benzene rings is 3. The van der Waals surface area contributed by atoms with Crippen LogP contribution in [0.5, 0.6) is 5.75 Å². The summed E-state index contributed by atoms with van der Waals surface area (Å²) in [5, 5.41) is 1.97. The first kappa shape index (κ1) is 19.7. The second-order valence-corrected chi connectivity index (χ2v) is 7.63. The zero-order chi connectivity index (χ0) is 21.4. The van der Waals surface area contributed by atoms with Crippen molar-refractivity contribution < 1.29 is 9.13 Å². The van der Waals surface area contributed by atoms with Gasteiger partial charge in [0.2, 0.25) is 5.28 Å². The van der Waals surface area contributed by atoms with Crippen molar-refractivity contribution in [2.45, 2.75) is 6.61 Å². The van der Waals surface area contributed by atoms with Crippen molar-refractivity contribution in [3.05, 3.63) is 94.7 Å². The highest BCUT2D eigenvalue weighted by molar-refractivity contribution is 6.35. The Balaban J connectivity index is 1.66. The molecule has 0 unspecified atom stereocenters. The van der Waals surface area contributed by atoms with Crippen molar-refractivity contribution in [3.8, 4) is 17.0 Å². The molecule has 0 radical (unpaired) electrons. The molecule has 2 aromatic heterocycles. The van der Waals surface area contributed by atoms with E-state index >= 15 is 4.39 Å². The molecule has 7 heteroatoms. The van der Waals surface area contributed by atoms with Gasteiger partial charge in [0.05, 0.1) is 5.39 Å². The first-order chi connectivity index (χ1) is 15.1. The van der Waals surface area contributed by atoms with Gasteiger partial charge in [-0.15, -0.1) is 0 Å². The molecular weight excluding hydrogens is 436 g/mol. The molecule has 0 N–H and O–H groups in total. The average molecular weight is 450 g/mol. The maximum absolute atomic E-state index is 15.5. The fraction of sp³-hybridized carbons (Fsp3) is 0.0417. The zero-order valence-corrected chi connectivity index (χ0v) is 17.5. The predicted molar refractivity (Wildman–Crippen MR) is 121 cm³/mol. The maximum Gasteiger partial charge on any atom is 0.224 e. The quantitative estimate of drug-likeness (QED) is 0.222. The molecule has 31 heavy (non-hydrogen) atoms. The van der Waals surface area contributed by atoms with Gasteiger partial charge in [-0.3, -0.25) is 4.98 Å². The Morgan fingerprint density at radius 2 is 1.65 bits per heavy atom. The summed E-state index contributed by atoms with van der Waals surface area (Å²) in [4.78, 5) is 12.2. The Labute approximate surface area is 187 Å². The molecule has 5 rings (SSSR count). The van der Waals surface area contributed by atoms with Crippen LogP contribution in [0, 0.1) is 5.82 Å². The highest BCUT2D eigenvalue weighted by atomic mass is 35.5. The number of hydrogen-bond acceptors (Lipinski definition) is 4. The van der Waals surface area contributed by atoms with Gasteiger partial charge in [-0.25, -0.2) is 14.4 Å². The fourth-order valence-electron chi connectivity index (χ4n) is 3.49. The van der Waals surface area contributed by atoms with Gasteiger partial charge in [-0.2, -0.15) is 0 Å². The molecule has 0 amide bonds. The summed E-state index contributed by atoms with van der Waals surface area (Å²) >= 11 is 12.0. The molecule has 3 aromatic carbocycles. The zero-order valence-electron chi connectivity index (χ0n) is 16.0. The Morgan fingerprint density at radius 1 is 0.871 bits per heavy atom. The van der Waals surface area contributed by atoms with Gasteiger partial charge in [0, 0.05) is 11.8 Å². The topological polar surface area (TPSA) is 47.9 Å². The first-order valence-electron chi connectivity index (χ1n) is 9.47. The van der Waals surface area contributed by atoms with Crippen LogP contribution in [-0.4, -0.2) is 15.0 Å². The number of ether oxygens (including phenoxy) is 1. The lowest BCUT2D eigenvalue weighted by Gasteiger charge is -2.13. The fourth-order valence-corrected chi connectivity index (χ4v) is 3.92. The van der Waals surface area contributed by atoms with Crippen molar-refractivity contribution >= 4 is 44.9 Å². The van der Waals surface area contributed by atoms with Crippen LogP contribution in [0.2, 0.25) is 10.4 Å². The standard InChI is InChI=1S/C24H14Cl2FN3O/c25-23-19-12-28-21(20(27)22(19)29-24(26)30-23)18-11-16(10-15-8-4-5-9-17(15)18)31-13-14-6-2-1-3-7-14/h1-12H,13H2. The largest absolute Gasteiger partial charge is 0.489 e. The van der Waals surface area contributed by atoms with Crippen molar-refractivity contribution in [1.29, 1.82) is 0 Å². The smallest absolute Gasteiger partial charge is 0.224 e. The number of rotatable bonds is 4. The summed E-state index contributed by atoms with van der Waals surface area (Å²) in [5.41, 5.74) is 1.79. The van der Waals surface area contributed by atoms with Crippen molar-refractivity contribution in [2.24, 2.45) is 0 Å². The molecule has 0 aliphatic heterocycles. The Hall–Kier alpha value is -3.28. The van der Waals surface area contributed by atoms with Gasteiger partial charge < -0.3 is 4.74 Å². The Bertz CT molecular complexity index is 1430. The highest BCUT2D eigenvalue weighted by Crippen LogP contribution is 2.36. The van der Waals surface area contributed by atoms with Gasteiger partial charge in [0.1, 0.15) is 28.7 Å². The van der Waals surface area contributed by atoms with Crippen LogP contribution in [-0.2, 0) is 6.61 Å². The highest BCUT2D eigenvalue weighted by Gasteiger charge is 2.18. The van der Waals surface area contributed by atoms with E-state index in [0.717, 1.165) is 16.3 Å². The van der Waals surface area contributed by atoms with Crippen molar-refractivity contribution in [2.75, 3.05) is 0 Å². The summed E-state index contributed by atoms with van der Waals surface area (Å²) in [7, 11) is 0. The van der Waals surface area contributed by atoms with E-state index in [1.165, 1.54) is 6.20 Å². The molecule has 5 aromatic rings. The lowest BCUT2D eigenvalue weighted by Crippen LogP contribution is -1.99. The lowest BCUT2D eigenvalue weighted by molar-refractivity contribution is 0.307. The Morgan fingerprint density at radius 3 is 2.48 bits per heavy atom. The minimum Gasteiger partial charge on any atom is -0.489 e. The number of aromatic nitrogens is 3. The molecule has 0 atom stereocenters. The van der Waals surface area contributed by atoms with E-state index in [0.29, 0.717) is 23.3 Å². The number of halogens is 3. The number of hydrogen-bond donors (Lipinski definition) is 0. The molecule has 152 valence electrons. The molecule has 4 nitrogen and oxygen atoms in total. The first-order valence-corrected chi connectivity index (χ1v) is 10.2. The van der Waals surface area contributed by atoms with E-state index in [2.05, 4.69) is 15.0 Å². The van der Waals surface area contributed by atoms with Crippen LogP contribution < -0.4 is 4.74 Å². The number of pyridine rings is 1. The third-order valence-corrected chi connectivity index (χ3v) is 5.41. The van der Waals surface area contributed by atoms with Crippen LogP contribution in [0.4, 0.5) is 4.39 Å². The van der Waals surface area contributed by atoms with Gasteiger partial charge in [0.25, 0.3) is 0 Å². The second-order valence-electron chi connectivity index (χ2n) is 6.93. The molecule has 2 heterocycles. The molecule has 0 spiro atoms. The third-order valence-electron chi connectivity index (χ3n) is 4.95. The third kappa shape index (κ3) is 3.78. The Kier molecular flexibility index (Phi) is 5.14. The molecule has 0 saturated heterocycles. The van der Waals surface area contributed by atoms with Gasteiger partial charge in [-0.1, -0.05) is 66.2 Å². The summed E-state index contributed by atoms with van der Waals surface area (Å²) in [6.45, 7) is 0.394. The minimum absolute atomic E-state index is 0.0229. The maximum atomic E-state index is 15.5. The predicted octanol–water partition coefficient (Wildman–Crippen LogP) is 6.87. The summed E-state index contributed by atoms with van der Waals surface area (Å²) in [5.74, 6) is -0.00772. The van der Waals surface area contributed by atoms with E-state index < -0.39 is 5.82 Å². The van der Waals surface area contributed by atoms with E-state index in [1.54, 1.807) is 6.07 Å². The SMILES string of the molecule is Fc1c(-c2cc(OCc3ccccc3)cc3ccccc23)ncc2c(Cl)nc(Cl)nc12. The van der Waals surface area contributed by atoms with Crippen LogP contribution in [0.1, 0.15) is 5.56 Å². The van der Waals surface area contributed by atoms with E-state index in [-0.39, 0.29) is 21.6 Å². The van der Waals surface area contributed by atoms with E-state index in [4.69, 9.17) is 27.9 Å². The van der Waals surface area contributed by atoms with Gasteiger partial charge in [-0.05, 0) is 40.1 Å². The normalized spacial score (nSPS) is 11.2. The van der Waals surface area contributed by atoms with Gasteiger partial charge in [0.15, 0.2) is 5.82 Å². The summed E-state index contributed by atoms with van der Waals surface area (Å²) in [6, 6.07) is 21.2. The molecule has 0 aliphatic carbocycles. The molecule has 0 bridgehead atoms. The van der Waals surface area contributed by atoms with Crippen molar-refractivity contribution in [3.63, 3.8) is 0 Å². The summed E-state index contributed by atoms with van der Waals surface area (Å²) in [6.07, 6.45) is 1.46. The monoisotopic (exact) mass is 449 g/mol. The molecule has 0 saturated carbocycles. The molecule has 0 fully saturated rings. The van der Waals surface area contributed by atoms with E-state index in [1.807, 2.05) is 60.7 Å². The van der Waals surface area contributed by atoms with Crippen LogP contribution in [0.3, 0.4) is 0 Å². The minimum atomic E-state index is -0.617. The molecular formula is C24H14Cl2FN3O.